The third kappa shape index (κ3) is 4.20. The van der Waals surface area contributed by atoms with Crippen molar-refractivity contribution in [3.63, 3.8) is 0 Å². The number of nitrogens with one attached hydrogen (secondary N) is 1. The van der Waals surface area contributed by atoms with Crippen LogP contribution in [0.3, 0.4) is 0 Å². The summed E-state index contributed by atoms with van der Waals surface area (Å²) < 4.78 is 0. The molecule has 0 heterocycles. The normalized spacial score (nSPS) is 29.3. The molecular weight excluding hydrogens is 188 g/mol. The van der Waals surface area contributed by atoms with Gasteiger partial charge in [0.2, 0.25) is 5.91 Å². The van der Waals surface area contributed by atoms with Gasteiger partial charge in [-0.1, -0.05) is 26.7 Å². The highest BCUT2D eigenvalue weighted by Gasteiger charge is 2.19. The highest BCUT2D eigenvalue weighted by atomic mass is 16.1. The summed E-state index contributed by atoms with van der Waals surface area (Å²) in [6.07, 6.45) is 6.04. The van der Waals surface area contributed by atoms with Crippen molar-refractivity contribution in [1.29, 1.82) is 0 Å². The molecule has 0 bridgehead atoms. The van der Waals surface area contributed by atoms with Crippen LogP contribution in [-0.2, 0) is 4.79 Å². The molecule has 0 saturated heterocycles. The van der Waals surface area contributed by atoms with Crippen LogP contribution >= 0.6 is 0 Å². The highest BCUT2D eigenvalue weighted by molar-refractivity contribution is 5.78. The molecule has 1 saturated carbocycles. The van der Waals surface area contributed by atoms with Crippen LogP contribution in [0.1, 0.15) is 46.0 Å². The smallest absolute Gasteiger partial charge is 0.224 e. The van der Waals surface area contributed by atoms with Gasteiger partial charge in [0.25, 0.3) is 0 Å². The molecule has 3 N–H and O–H groups in total. The summed E-state index contributed by atoms with van der Waals surface area (Å²) in [5.41, 5.74) is 5.47. The minimum atomic E-state index is -0.0503. The summed E-state index contributed by atoms with van der Waals surface area (Å²) in [5.74, 6) is 0.890. The first-order valence-corrected chi connectivity index (χ1v) is 6.14. The molecule has 3 nitrogen and oxygen atoms in total. The predicted molar refractivity (Wildman–Crippen MR) is 62.4 cm³/mol. The van der Waals surface area contributed by atoms with Crippen molar-refractivity contribution in [3.05, 3.63) is 0 Å². The van der Waals surface area contributed by atoms with E-state index in [1.165, 1.54) is 19.3 Å². The van der Waals surface area contributed by atoms with Gasteiger partial charge in [-0.25, -0.2) is 0 Å². The predicted octanol–water partition coefficient (Wildman–Crippen LogP) is 1.67. The van der Waals surface area contributed by atoms with Crippen molar-refractivity contribution in [2.75, 3.05) is 6.54 Å². The summed E-state index contributed by atoms with van der Waals surface area (Å²) in [4.78, 5) is 11.6. The van der Waals surface area contributed by atoms with E-state index in [1.807, 2.05) is 6.92 Å². The van der Waals surface area contributed by atoms with Crippen LogP contribution in [0.25, 0.3) is 0 Å². The molecule has 3 heteroatoms. The SMILES string of the molecule is CC1CCCC(NC(=O)C(C)CN)CC1. The Labute approximate surface area is 92.8 Å². The average molecular weight is 212 g/mol. The zero-order valence-electron chi connectivity index (χ0n) is 9.96. The molecule has 0 aromatic carbocycles. The fourth-order valence-electron chi connectivity index (χ4n) is 2.08. The van der Waals surface area contributed by atoms with Gasteiger partial charge in [-0.05, 0) is 25.2 Å². The van der Waals surface area contributed by atoms with Crippen LogP contribution < -0.4 is 11.1 Å². The van der Waals surface area contributed by atoms with Crippen LogP contribution in [0.2, 0.25) is 0 Å². The first-order valence-electron chi connectivity index (χ1n) is 6.14. The Balaban J connectivity index is 2.34. The van der Waals surface area contributed by atoms with Crippen LogP contribution in [-0.4, -0.2) is 18.5 Å². The fourth-order valence-corrected chi connectivity index (χ4v) is 2.08. The van der Waals surface area contributed by atoms with Crippen LogP contribution in [0.5, 0.6) is 0 Å². The summed E-state index contributed by atoms with van der Waals surface area (Å²) in [5, 5.41) is 3.11. The Morgan fingerprint density at radius 1 is 1.40 bits per heavy atom. The number of hydrogen-bond donors (Lipinski definition) is 2. The molecule has 88 valence electrons. The number of hydrogen-bond acceptors (Lipinski definition) is 2. The zero-order valence-corrected chi connectivity index (χ0v) is 9.96. The number of amides is 1. The number of nitrogens with two attached hydrogens (primary N) is 1. The van der Waals surface area contributed by atoms with Gasteiger partial charge < -0.3 is 11.1 Å². The lowest BCUT2D eigenvalue weighted by Gasteiger charge is -2.18. The third-order valence-corrected chi connectivity index (χ3v) is 3.40. The van der Waals surface area contributed by atoms with Crippen molar-refractivity contribution < 1.29 is 4.79 Å². The second-order valence-electron chi connectivity index (χ2n) is 4.96. The Bertz CT molecular complexity index is 206. The first kappa shape index (κ1) is 12.5. The second-order valence-corrected chi connectivity index (χ2v) is 4.96. The molecular formula is C12H24N2O. The third-order valence-electron chi connectivity index (χ3n) is 3.40. The van der Waals surface area contributed by atoms with E-state index >= 15 is 0 Å². The van der Waals surface area contributed by atoms with E-state index in [1.54, 1.807) is 0 Å². The Kier molecular flexibility index (Phi) is 5.09. The average Bonchev–Trinajstić information content (AvgIpc) is 2.42. The van der Waals surface area contributed by atoms with Gasteiger partial charge in [0.1, 0.15) is 0 Å². The van der Waals surface area contributed by atoms with Crippen LogP contribution in [0.15, 0.2) is 0 Å². The molecule has 1 fully saturated rings. The maximum Gasteiger partial charge on any atom is 0.224 e. The molecule has 3 unspecified atom stereocenters. The Hall–Kier alpha value is -0.570. The lowest BCUT2D eigenvalue weighted by atomic mass is 10.0. The molecule has 0 aromatic heterocycles. The lowest BCUT2D eigenvalue weighted by Crippen LogP contribution is -2.40. The molecule has 0 radical (unpaired) electrons. The van der Waals surface area contributed by atoms with Gasteiger partial charge in [-0.15, -0.1) is 0 Å². The van der Waals surface area contributed by atoms with Gasteiger partial charge in [0, 0.05) is 18.5 Å². The van der Waals surface area contributed by atoms with E-state index in [0.29, 0.717) is 12.6 Å². The summed E-state index contributed by atoms with van der Waals surface area (Å²) in [7, 11) is 0. The minimum Gasteiger partial charge on any atom is -0.353 e. The largest absolute Gasteiger partial charge is 0.353 e. The lowest BCUT2D eigenvalue weighted by molar-refractivity contribution is -0.125. The van der Waals surface area contributed by atoms with Gasteiger partial charge in [-0.2, -0.15) is 0 Å². The van der Waals surface area contributed by atoms with Gasteiger partial charge in [0.05, 0.1) is 0 Å². The van der Waals surface area contributed by atoms with Crippen LogP contribution in [0, 0.1) is 11.8 Å². The van der Waals surface area contributed by atoms with Crippen molar-refractivity contribution in [3.8, 4) is 0 Å². The summed E-state index contributed by atoms with van der Waals surface area (Å²) in [6.45, 7) is 4.62. The molecule has 1 rings (SSSR count). The molecule has 1 aliphatic rings. The van der Waals surface area contributed by atoms with Gasteiger partial charge >= 0.3 is 0 Å². The van der Waals surface area contributed by atoms with Crippen molar-refractivity contribution in [2.24, 2.45) is 17.6 Å². The van der Waals surface area contributed by atoms with Gasteiger partial charge in [-0.3, -0.25) is 4.79 Å². The number of carbonyl (C=O) groups excluding carboxylic acids is 1. The standard InChI is InChI=1S/C12H24N2O/c1-9-4-3-5-11(7-6-9)14-12(15)10(2)8-13/h9-11H,3-8,13H2,1-2H3,(H,14,15). The quantitative estimate of drug-likeness (QED) is 0.699. The first-order chi connectivity index (χ1) is 7.13. The zero-order chi connectivity index (χ0) is 11.3. The van der Waals surface area contributed by atoms with E-state index in [4.69, 9.17) is 5.73 Å². The van der Waals surface area contributed by atoms with E-state index in [-0.39, 0.29) is 11.8 Å². The Morgan fingerprint density at radius 3 is 2.80 bits per heavy atom. The molecule has 3 atom stereocenters. The minimum absolute atomic E-state index is 0.0503. The van der Waals surface area contributed by atoms with Gasteiger partial charge in [0.15, 0.2) is 0 Å². The van der Waals surface area contributed by atoms with Crippen molar-refractivity contribution >= 4 is 5.91 Å². The number of carbonyl (C=O) groups is 1. The molecule has 0 spiro atoms. The molecule has 0 aliphatic heterocycles. The summed E-state index contributed by atoms with van der Waals surface area (Å²) in [6, 6.07) is 0.386. The van der Waals surface area contributed by atoms with E-state index in [0.717, 1.165) is 18.8 Å². The topological polar surface area (TPSA) is 55.1 Å². The maximum atomic E-state index is 11.6. The summed E-state index contributed by atoms with van der Waals surface area (Å²) >= 11 is 0. The second kappa shape index (κ2) is 6.11. The van der Waals surface area contributed by atoms with Crippen LogP contribution in [0.4, 0.5) is 0 Å². The van der Waals surface area contributed by atoms with E-state index in [2.05, 4.69) is 12.2 Å². The van der Waals surface area contributed by atoms with E-state index in [9.17, 15) is 4.79 Å². The monoisotopic (exact) mass is 212 g/mol. The Morgan fingerprint density at radius 2 is 2.13 bits per heavy atom. The van der Waals surface area contributed by atoms with Crippen molar-refractivity contribution in [2.45, 2.75) is 52.0 Å². The molecule has 1 amide bonds. The maximum absolute atomic E-state index is 11.6. The molecule has 0 aromatic rings. The molecule has 1 aliphatic carbocycles. The number of rotatable bonds is 3. The van der Waals surface area contributed by atoms with E-state index < -0.39 is 0 Å². The highest BCUT2D eigenvalue weighted by Crippen LogP contribution is 2.22. The van der Waals surface area contributed by atoms with Crippen molar-refractivity contribution in [1.82, 2.24) is 5.32 Å². The molecule has 15 heavy (non-hydrogen) atoms. The fraction of sp³-hybridized carbons (Fsp3) is 0.917.